The molecule has 0 saturated carbocycles. The number of ether oxygens (including phenoxy) is 2. The molecule has 7 heteroatoms. The quantitative estimate of drug-likeness (QED) is 0.292. The Morgan fingerprint density at radius 2 is 1.86 bits per heavy atom. The predicted molar refractivity (Wildman–Crippen MR) is 136 cm³/mol. The Kier molecular flexibility index (Phi) is 6.05. The van der Waals surface area contributed by atoms with Crippen molar-refractivity contribution in [2.75, 3.05) is 18.1 Å². The summed E-state index contributed by atoms with van der Waals surface area (Å²) < 4.78 is 17.6. The van der Waals surface area contributed by atoms with Gasteiger partial charge in [-0.2, -0.15) is 0 Å². The van der Waals surface area contributed by atoms with Crippen LogP contribution in [0.1, 0.15) is 34.6 Å². The molecule has 2 heterocycles. The van der Waals surface area contributed by atoms with Gasteiger partial charge in [-0.05, 0) is 55.0 Å². The van der Waals surface area contributed by atoms with Crippen LogP contribution in [0, 0.1) is 0 Å². The Balaban J connectivity index is 1.75. The predicted octanol–water partition coefficient (Wildman–Crippen LogP) is 6.16. The average molecular weight is 488 g/mol. The lowest BCUT2D eigenvalue weighted by atomic mass is 9.97. The van der Waals surface area contributed by atoms with Crippen LogP contribution in [-0.2, 0) is 0 Å². The molecule has 0 saturated heterocycles. The summed E-state index contributed by atoms with van der Waals surface area (Å²) in [6.07, 6.45) is 1.65. The SMILES string of the molecule is C=CCOc1ccc(C2c3c(oc4ccccc4c3=O)C(=O)N2c2cccc(Cl)c2)cc1OCC. The number of rotatable bonds is 7. The number of hydrogen-bond acceptors (Lipinski definition) is 5. The van der Waals surface area contributed by atoms with E-state index in [2.05, 4.69) is 6.58 Å². The second-order valence-corrected chi connectivity index (χ2v) is 8.40. The van der Waals surface area contributed by atoms with Gasteiger partial charge in [0.2, 0.25) is 5.76 Å². The number of anilines is 1. The van der Waals surface area contributed by atoms with Gasteiger partial charge < -0.3 is 13.9 Å². The molecule has 0 radical (unpaired) electrons. The number of carbonyl (C=O) groups is 1. The standard InChI is InChI=1S/C28H22ClNO5/c1-3-14-34-22-13-12-17(15-23(22)33-4-2)25-24-26(31)20-10-5-6-11-21(20)35-27(24)28(32)30(25)19-9-7-8-18(29)16-19/h3,5-13,15-16,25H,1,4,14H2,2H3. The number of halogens is 1. The van der Waals surface area contributed by atoms with Crippen molar-refractivity contribution in [3.63, 3.8) is 0 Å². The summed E-state index contributed by atoms with van der Waals surface area (Å²) in [7, 11) is 0. The number of amides is 1. The van der Waals surface area contributed by atoms with Gasteiger partial charge >= 0.3 is 0 Å². The maximum Gasteiger partial charge on any atom is 0.295 e. The van der Waals surface area contributed by atoms with Crippen LogP contribution in [0.4, 0.5) is 5.69 Å². The highest BCUT2D eigenvalue weighted by molar-refractivity contribution is 6.31. The van der Waals surface area contributed by atoms with E-state index in [1.807, 2.05) is 13.0 Å². The minimum absolute atomic E-state index is 0.0172. The summed E-state index contributed by atoms with van der Waals surface area (Å²) in [5, 5.41) is 0.880. The molecule has 0 aliphatic carbocycles. The molecule has 1 unspecified atom stereocenters. The first-order valence-corrected chi connectivity index (χ1v) is 11.6. The second-order valence-electron chi connectivity index (χ2n) is 7.97. The summed E-state index contributed by atoms with van der Waals surface area (Å²) >= 11 is 6.26. The van der Waals surface area contributed by atoms with Crippen molar-refractivity contribution >= 4 is 34.2 Å². The van der Waals surface area contributed by atoms with Crippen molar-refractivity contribution in [2.45, 2.75) is 13.0 Å². The molecule has 3 aromatic carbocycles. The monoisotopic (exact) mass is 487 g/mol. The first kappa shape index (κ1) is 22.7. The lowest BCUT2D eigenvalue weighted by Gasteiger charge is -2.26. The third-order valence-corrected chi connectivity index (χ3v) is 6.04. The zero-order valence-corrected chi connectivity index (χ0v) is 19.7. The van der Waals surface area contributed by atoms with Crippen LogP contribution in [-0.4, -0.2) is 19.1 Å². The molecule has 6 nitrogen and oxygen atoms in total. The van der Waals surface area contributed by atoms with E-state index in [-0.39, 0.29) is 16.8 Å². The normalized spacial score (nSPS) is 14.7. The Bertz CT molecular complexity index is 1510. The van der Waals surface area contributed by atoms with Crippen molar-refractivity contribution in [3.05, 3.63) is 112 Å². The highest BCUT2D eigenvalue weighted by atomic mass is 35.5. The van der Waals surface area contributed by atoms with Crippen LogP contribution in [0.15, 0.2) is 88.6 Å². The summed E-state index contributed by atoms with van der Waals surface area (Å²) in [5.41, 5.74) is 1.60. The Morgan fingerprint density at radius 1 is 1.03 bits per heavy atom. The molecular formula is C28H22ClNO5. The Morgan fingerprint density at radius 3 is 2.63 bits per heavy atom. The highest BCUT2D eigenvalue weighted by Gasteiger charge is 2.44. The van der Waals surface area contributed by atoms with Gasteiger partial charge in [0.25, 0.3) is 5.91 Å². The summed E-state index contributed by atoms with van der Waals surface area (Å²) in [6.45, 7) is 6.29. The van der Waals surface area contributed by atoms with E-state index < -0.39 is 11.9 Å². The van der Waals surface area contributed by atoms with E-state index in [1.165, 1.54) is 4.90 Å². The fourth-order valence-corrected chi connectivity index (χ4v) is 4.54. The molecule has 4 aromatic rings. The van der Waals surface area contributed by atoms with E-state index in [0.29, 0.717) is 52.0 Å². The molecule has 1 aliphatic rings. The lowest BCUT2D eigenvalue weighted by molar-refractivity contribution is 0.0971. The van der Waals surface area contributed by atoms with Crippen LogP contribution in [0.3, 0.4) is 0 Å². The minimum Gasteiger partial charge on any atom is -0.490 e. The highest BCUT2D eigenvalue weighted by Crippen LogP contribution is 2.43. The number of para-hydroxylation sites is 1. The van der Waals surface area contributed by atoms with Gasteiger partial charge in [-0.3, -0.25) is 14.5 Å². The second kappa shape index (κ2) is 9.31. The van der Waals surface area contributed by atoms with E-state index in [9.17, 15) is 9.59 Å². The van der Waals surface area contributed by atoms with Crippen molar-refractivity contribution in [1.29, 1.82) is 0 Å². The maximum atomic E-state index is 13.7. The maximum absolute atomic E-state index is 13.7. The molecule has 35 heavy (non-hydrogen) atoms. The van der Waals surface area contributed by atoms with Crippen molar-refractivity contribution in [2.24, 2.45) is 0 Å². The third kappa shape index (κ3) is 3.96. The van der Waals surface area contributed by atoms with Crippen LogP contribution in [0.2, 0.25) is 5.02 Å². The van der Waals surface area contributed by atoms with Gasteiger partial charge in [0.1, 0.15) is 12.2 Å². The number of carbonyl (C=O) groups excluding carboxylic acids is 1. The molecule has 1 amide bonds. The molecule has 0 bridgehead atoms. The molecule has 0 N–H and O–H groups in total. The fraction of sp³-hybridized carbons (Fsp3) is 0.143. The van der Waals surface area contributed by atoms with Crippen LogP contribution >= 0.6 is 11.6 Å². The van der Waals surface area contributed by atoms with Crippen LogP contribution in [0.25, 0.3) is 11.0 Å². The molecule has 1 aliphatic heterocycles. The van der Waals surface area contributed by atoms with Gasteiger partial charge in [0.15, 0.2) is 16.9 Å². The lowest BCUT2D eigenvalue weighted by Crippen LogP contribution is -2.29. The number of nitrogens with zero attached hydrogens (tertiary/aromatic N) is 1. The largest absolute Gasteiger partial charge is 0.490 e. The number of benzene rings is 3. The van der Waals surface area contributed by atoms with Crippen LogP contribution < -0.4 is 19.8 Å². The molecule has 1 atom stereocenters. The fourth-order valence-electron chi connectivity index (χ4n) is 4.36. The molecular weight excluding hydrogens is 466 g/mol. The summed E-state index contributed by atoms with van der Waals surface area (Å²) in [6, 6.07) is 18.5. The molecule has 176 valence electrons. The number of fused-ring (bicyclic) bond motifs is 2. The van der Waals surface area contributed by atoms with E-state index in [4.69, 9.17) is 25.5 Å². The van der Waals surface area contributed by atoms with Crippen molar-refractivity contribution in [1.82, 2.24) is 0 Å². The Hall–Kier alpha value is -4.03. The zero-order valence-electron chi connectivity index (χ0n) is 19.0. The first-order valence-electron chi connectivity index (χ1n) is 11.2. The third-order valence-electron chi connectivity index (χ3n) is 5.80. The van der Waals surface area contributed by atoms with Gasteiger partial charge in [0, 0.05) is 10.7 Å². The van der Waals surface area contributed by atoms with E-state index in [1.54, 1.807) is 66.7 Å². The van der Waals surface area contributed by atoms with Gasteiger partial charge in [0.05, 0.1) is 23.6 Å². The van der Waals surface area contributed by atoms with Gasteiger partial charge in [-0.1, -0.05) is 48.5 Å². The minimum atomic E-state index is -0.746. The molecule has 0 fully saturated rings. The molecule has 1 aromatic heterocycles. The van der Waals surface area contributed by atoms with Crippen molar-refractivity contribution in [3.8, 4) is 11.5 Å². The average Bonchev–Trinajstić information content (AvgIpc) is 3.16. The summed E-state index contributed by atoms with van der Waals surface area (Å²) in [4.78, 5) is 28.9. The van der Waals surface area contributed by atoms with Crippen LogP contribution in [0.5, 0.6) is 11.5 Å². The van der Waals surface area contributed by atoms with E-state index >= 15 is 0 Å². The van der Waals surface area contributed by atoms with E-state index in [0.717, 1.165) is 0 Å². The van der Waals surface area contributed by atoms with Gasteiger partial charge in [-0.25, -0.2) is 0 Å². The number of hydrogen-bond donors (Lipinski definition) is 0. The smallest absolute Gasteiger partial charge is 0.295 e. The summed E-state index contributed by atoms with van der Waals surface area (Å²) in [5.74, 6) is 0.646. The first-order chi connectivity index (χ1) is 17.0. The Labute approximate surface area is 207 Å². The molecule has 0 spiro atoms. The van der Waals surface area contributed by atoms with Gasteiger partial charge in [-0.15, -0.1) is 0 Å². The zero-order chi connectivity index (χ0) is 24.5. The molecule has 5 rings (SSSR count). The topological polar surface area (TPSA) is 69.0 Å². The van der Waals surface area contributed by atoms with Crippen molar-refractivity contribution < 1.29 is 18.7 Å².